The van der Waals surface area contributed by atoms with Gasteiger partial charge in [0.15, 0.2) is 0 Å². The van der Waals surface area contributed by atoms with Crippen molar-refractivity contribution in [3.63, 3.8) is 0 Å². The molecular weight excluding hydrogens is 292 g/mol. The molecule has 110 valence electrons. The standard InChI is InChI=1S/C13H14N4O3S/c1-8-14-13(21-17-8)16-12(20)15-10(7-11(18)19)9-5-3-2-4-6-9/h2-6,10H,7H2,1H3,(H,18,19)(H2,14,15,16,17,20). The van der Waals surface area contributed by atoms with Gasteiger partial charge in [-0.15, -0.1) is 0 Å². The van der Waals surface area contributed by atoms with Crippen LogP contribution >= 0.6 is 11.5 Å². The number of rotatable bonds is 5. The van der Waals surface area contributed by atoms with E-state index >= 15 is 0 Å². The van der Waals surface area contributed by atoms with Gasteiger partial charge in [-0.2, -0.15) is 4.37 Å². The molecule has 0 bridgehead atoms. The van der Waals surface area contributed by atoms with Crippen LogP contribution in [0.3, 0.4) is 0 Å². The number of nitrogens with one attached hydrogen (secondary N) is 2. The van der Waals surface area contributed by atoms with Crippen LogP contribution < -0.4 is 10.6 Å². The second kappa shape index (κ2) is 6.80. The van der Waals surface area contributed by atoms with Gasteiger partial charge in [0.05, 0.1) is 12.5 Å². The zero-order chi connectivity index (χ0) is 15.2. The molecule has 0 aliphatic heterocycles. The number of nitrogens with zero attached hydrogens (tertiary/aromatic N) is 2. The molecule has 0 spiro atoms. The first-order valence-electron chi connectivity index (χ1n) is 6.19. The average Bonchev–Trinajstić information content (AvgIpc) is 2.83. The van der Waals surface area contributed by atoms with Crippen molar-refractivity contribution < 1.29 is 14.7 Å². The maximum Gasteiger partial charge on any atom is 0.321 e. The lowest BCUT2D eigenvalue weighted by molar-refractivity contribution is -0.137. The fraction of sp³-hybridized carbons (Fsp3) is 0.231. The van der Waals surface area contributed by atoms with E-state index in [2.05, 4.69) is 20.0 Å². The smallest absolute Gasteiger partial charge is 0.321 e. The average molecular weight is 306 g/mol. The van der Waals surface area contributed by atoms with Crippen molar-refractivity contribution in [3.05, 3.63) is 41.7 Å². The molecule has 0 radical (unpaired) electrons. The Hall–Kier alpha value is -2.48. The topological polar surface area (TPSA) is 104 Å². The molecule has 0 aliphatic carbocycles. The maximum absolute atomic E-state index is 11.9. The number of aromatic nitrogens is 2. The Morgan fingerprint density at radius 3 is 2.62 bits per heavy atom. The van der Waals surface area contributed by atoms with Crippen LogP contribution in [-0.4, -0.2) is 26.5 Å². The number of benzene rings is 1. The third-order valence-corrected chi connectivity index (χ3v) is 3.36. The quantitative estimate of drug-likeness (QED) is 0.785. The van der Waals surface area contributed by atoms with E-state index in [4.69, 9.17) is 5.11 Å². The van der Waals surface area contributed by atoms with Gasteiger partial charge in [0.25, 0.3) is 0 Å². The van der Waals surface area contributed by atoms with E-state index in [0.29, 0.717) is 11.0 Å². The highest BCUT2D eigenvalue weighted by Gasteiger charge is 2.18. The van der Waals surface area contributed by atoms with Gasteiger partial charge in [0.1, 0.15) is 5.82 Å². The van der Waals surface area contributed by atoms with Gasteiger partial charge in [-0.05, 0) is 12.5 Å². The minimum absolute atomic E-state index is 0.202. The summed E-state index contributed by atoms with van der Waals surface area (Å²) in [5, 5.41) is 14.5. The van der Waals surface area contributed by atoms with Gasteiger partial charge >= 0.3 is 12.0 Å². The number of amides is 2. The molecule has 0 fully saturated rings. The molecule has 0 aliphatic rings. The van der Waals surface area contributed by atoms with Crippen LogP contribution in [0.4, 0.5) is 9.93 Å². The molecule has 1 atom stereocenters. The number of hydrogen-bond donors (Lipinski definition) is 3. The number of aryl methyl sites for hydroxylation is 1. The first-order chi connectivity index (χ1) is 10.0. The van der Waals surface area contributed by atoms with Crippen molar-refractivity contribution >= 4 is 28.7 Å². The Balaban J connectivity index is 2.04. The van der Waals surface area contributed by atoms with Crippen LogP contribution in [0.15, 0.2) is 30.3 Å². The minimum Gasteiger partial charge on any atom is -0.481 e. The highest BCUT2D eigenvalue weighted by molar-refractivity contribution is 7.09. The number of aliphatic carboxylic acids is 1. The van der Waals surface area contributed by atoms with Gasteiger partial charge in [-0.3, -0.25) is 10.1 Å². The molecule has 2 rings (SSSR count). The minimum atomic E-state index is -0.990. The molecule has 0 saturated heterocycles. The summed E-state index contributed by atoms with van der Waals surface area (Å²) in [5.74, 6) is -0.420. The largest absolute Gasteiger partial charge is 0.481 e. The van der Waals surface area contributed by atoms with E-state index in [0.717, 1.165) is 17.1 Å². The number of hydrogen-bond acceptors (Lipinski definition) is 5. The summed E-state index contributed by atoms with van der Waals surface area (Å²) in [4.78, 5) is 26.9. The van der Waals surface area contributed by atoms with Gasteiger partial charge in [-0.1, -0.05) is 30.3 Å². The number of anilines is 1. The van der Waals surface area contributed by atoms with Gasteiger partial charge in [-0.25, -0.2) is 9.78 Å². The second-order valence-corrected chi connectivity index (χ2v) is 5.06. The Morgan fingerprint density at radius 2 is 2.05 bits per heavy atom. The van der Waals surface area contributed by atoms with Crippen LogP contribution in [-0.2, 0) is 4.79 Å². The highest BCUT2D eigenvalue weighted by Crippen LogP contribution is 2.17. The molecule has 1 unspecified atom stereocenters. The van der Waals surface area contributed by atoms with Crippen molar-refractivity contribution in [1.82, 2.24) is 14.7 Å². The number of urea groups is 1. The maximum atomic E-state index is 11.9. The van der Waals surface area contributed by atoms with E-state index in [9.17, 15) is 9.59 Å². The molecule has 8 heteroatoms. The zero-order valence-electron chi connectivity index (χ0n) is 11.2. The predicted octanol–water partition coefficient (Wildman–Crippen LogP) is 2.18. The monoisotopic (exact) mass is 306 g/mol. The van der Waals surface area contributed by atoms with Crippen LogP contribution in [0, 0.1) is 6.92 Å². The van der Waals surface area contributed by atoms with Crippen LogP contribution in [0.25, 0.3) is 0 Å². The summed E-state index contributed by atoms with van der Waals surface area (Å²) < 4.78 is 3.95. The third kappa shape index (κ3) is 4.53. The van der Waals surface area contributed by atoms with E-state index < -0.39 is 18.0 Å². The molecule has 2 amide bonds. The van der Waals surface area contributed by atoms with E-state index in [1.165, 1.54) is 0 Å². The van der Waals surface area contributed by atoms with Crippen molar-refractivity contribution in [2.75, 3.05) is 5.32 Å². The number of carboxylic acid groups (broad SMARTS) is 1. The molecule has 0 saturated carbocycles. The van der Waals surface area contributed by atoms with Crippen molar-refractivity contribution in [2.24, 2.45) is 0 Å². The van der Waals surface area contributed by atoms with E-state index in [1.54, 1.807) is 31.2 Å². The van der Waals surface area contributed by atoms with Crippen molar-refractivity contribution in [1.29, 1.82) is 0 Å². The Labute approximate surface area is 125 Å². The Bertz CT molecular complexity index is 629. The van der Waals surface area contributed by atoms with Gasteiger partial charge in [0, 0.05) is 11.5 Å². The van der Waals surface area contributed by atoms with Crippen LogP contribution in [0.5, 0.6) is 0 Å². The molecule has 1 aromatic heterocycles. The first kappa shape index (κ1) is 14.9. The number of carboxylic acids is 1. The summed E-state index contributed by atoms with van der Waals surface area (Å²) in [6.07, 6.45) is -0.202. The van der Waals surface area contributed by atoms with Crippen LogP contribution in [0.1, 0.15) is 23.9 Å². The fourth-order valence-electron chi connectivity index (χ4n) is 1.75. The lowest BCUT2D eigenvalue weighted by atomic mass is 10.0. The zero-order valence-corrected chi connectivity index (χ0v) is 12.1. The summed E-state index contributed by atoms with van der Waals surface area (Å²) in [5.41, 5.74) is 0.725. The van der Waals surface area contributed by atoms with Crippen LogP contribution in [0.2, 0.25) is 0 Å². The molecule has 2 aromatic rings. The first-order valence-corrected chi connectivity index (χ1v) is 6.96. The third-order valence-electron chi connectivity index (χ3n) is 2.63. The SMILES string of the molecule is Cc1nsc(NC(=O)NC(CC(=O)O)c2ccccc2)n1. The van der Waals surface area contributed by atoms with Gasteiger partial charge < -0.3 is 10.4 Å². The molecule has 1 aromatic carbocycles. The second-order valence-electron chi connectivity index (χ2n) is 4.31. The number of carbonyl (C=O) groups excluding carboxylic acids is 1. The summed E-state index contributed by atoms with van der Waals surface area (Å²) in [7, 11) is 0. The lowest BCUT2D eigenvalue weighted by Crippen LogP contribution is -2.33. The molecular formula is C13H14N4O3S. The Morgan fingerprint density at radius 1 is 1.33 bits per heavy atom. The summed E-state index contributed by atoms with van der Waals surface area (Å²) in [6, 6.07) is 7.81. The van der Waals surface area contributed by atoms with E-state index in [-0.39, 0.29) is 6.42 Å². The van der Waals surface area contributed by atoms with Gasteiger partial charge in [0.2, 0.25) is 5.13 Å². The molecule has 7 nitrogen and oxygen atoms in total. The summed E-state index contributed by atoms with van der Waals surface area (Å²) >= 11 is 1.07. The molecule has 1 heterocycles. The predicted molar refractivity (Wildman–Crippen MR) is 78.2 cm³/mol. The fourth-order valence-corrected chi connectivity index (χ4v) is 2.32. The van der Waals surface area contributed by atoms with Crippen molar-refractivity contribution in [2.45, 2.75) is 19.4 Å². The Kier molecular flexibility index (Phi) is 4.83. The summed E-state index contributed by atoms with van der Waals surface area (Å²) in [6.45, 7) is 1.72. The highest BCUT2D eigenvalue weighted by atomic mass is 32.1. The lowest BCUT2D eigenvalue weighted by Gasteiger charge is -2.17. The normalized spacial score (nSPS) is 11.7. The number of carbonyl (C=O) groups is 2. The van der Waals surface area contributed by atoms with Crippen molar-refractivity contribution in [3.8, 4) is 0 Å². The molecule has 3 N–H and O–H groups in total. The van der Waals surface area contributed by atoms with E-state index in [1.807, 2.05) is 6.07 Å². The molecule has 21 heavy (non-hydrogen) atoms.